The van der Waals surface area contributed by atoms with Crippen LogP contribution in [0.3, 0.4) is 0 Å². The van der Waals surface area contributed by atoms with Crippen LogP contribution in [0.1, 0.15) is 0 Å². The number of aliphatic hydroxyl groups is 1. The average Bonchev–Trinajstić information content (AvgIpc) is 2.28. The van der Waals surface area contributed by atoms with E-state index in [1.807, 2.05) is 30.3 Å². The predicted octanol–water partition coefficient (Wildman–Crippen LogP) is 0.847. The van der Waals surface area contributed by atoms with Crippen LogP contribution in [-0.2, 0) is 9.53 Å². The summed E-state index contributed by atoms with van der Waals surface area (Å²) in [5, 5.41) is 8.40. The van der Waals surface area contributed by atoms with E-state index in [-0.39, 0.29) is 6.61 Å². The molecule has 1 aromatic rings. The molecule has 14 heavy (non-hydrogen) atoms. The molecule has 1 N–H and O–H groups in total. The lowest BCUT2D eigenvalue weighted by Crippen LogP contribution is -2.00. The summed E-state index contributed by atoms with van der Waals surface area (Å²) in [6.45, 7) is 0.804. The van der Waals surface area contributed by atoms with E-state index >= 15 is 0 Å². The lowest BCUT2D eigenvalue weighted by atomic mass is 10.3. The molecule has 0 atom stereocenters. The summed E-state index contributed by atoms with van der Waals surface area (Å²) in [6, 6.07) is 9.43. The Bertz CT molecular complexity index is 223. The van der Waals surface area contributed by atoms with Gasteiger partial charge in [0.25, 0.3) is 6.47 Å². The largest absolute Gasteiger partial charge is 0.491 e. The maximum Gasteiger partial charge on any atom is 0.292 e. The van der Waals surface area contributed by atoms with Crippen LogP contribution < -0.4 is 4.74 Å². The van der Waals surface area contributed by atoms with Crippen molar-refractivity contribution >= 4 is 6.47 Å². The quantitative estimate of drug-likeness (QED) is 0.728. The zero-order chi connectivity index (χ0) is 10.6. The highest BCUT2D eigenvalue weighted by atomic mass is 16.5. The van der Waals surface area contributed by atoms with E-state index in [2.05, 4.69) is 4.74 Å². The Hall–Kier alpha value is -1.55. The van der Waals surface area contributed by atoms with E-state index in [4.69, 9.17) is 14.6 Å². The van der Waals surface area contributed by atoms with Gasteiger partial charge in [0.2, 0.25) is 0 Å². The van der Waals surface area contributed by atoms with E-state index in [1.165, 1.54) is 7.11 Å². The van der Waals surface area contributed by atoms with Crippen LogP contribution in [0.15, 0.2) is 30.3 Å². The Balaban J connectivity index is 0.000000364. The number of methoxy groups -OCH3 is 1. The molecule has 0 amide bonds. The van der Waals surface area contributed by atoms with Crippen molar-refractivity contribution < 1.29 is 19.4 Å². The number of hydrogen-bond donors (Lipinski definition) is 1. The zero-order valence-corrected chi connectivity index (χ0v) is 8.05. The van der Waals surface area contributed by atoms with Crippen molar-refractivity contribution in [3.8, 4) is 5.75 Å². The number of carbonyl (C=O) groups is 1. The number of benzene rings is 1. The van der Waals surface area contributed by atoms with Gasteiger partial charge in [-0.25, -0.2) is 0 Å². The highest BCUT2D eigenvalue weighted by molar-refractivity contribution is 5.36. The number of aliphatic hydroxyl groups excluding tert-OH is 1. The third-order valence-corrected chi connectivity index (χ3v) is 1.20. The summed E-state index contributed by atoms with van der Waals surface area (Å²) >= 11 is 0. The standard InChI is InChI=1S/C8H10O2.C2H4O2/c9-6-7-10-8-4-2-1-3-5-8;1-4-2-3/h1-5,9H,6-7H2;2H,1H3. The number of rotatable bonds is 4. The Morgan fingerprint density at radius 3 is 2.36 bits per heavy atom. The van der Waals surface area contributed by atoms with Gasteiger partial charge < -0.3 is 14.6 Å². The topological polar surface area (TPSA) is 55.8 Å². The summed E-state index contributed by atoms with van der Waals surface area (Å²) in [7, 11) is 1.31. The molecule has 4 nitrogen and oxygen atoms in total. The molecule has 0 heterocycles. The fraction of sp³-hybridized carbons (Fsp3) is 0.300. The van der Waals surface area contributed by atoms with E-state index in [0.717, 1.165) is 5.75 Å². The highest BCUT2D eigenvalue weighted by Gasteiger charge is 1.86. The molecule has 0 aliphatic rings. The summed E-state index contributed by atoms with van der Waals surface area (Å²) in [6.07, 6.45) is 0. The first kappa shape index (κ1) is 12.4. The average molecular weight is 198 g/mol. The van der Waals surface area contributed by atoms with Gasteiger partial charge in [0.05, 0.1) is 13.7 Å². The number of para-hydroxylation sites is 1. The maximum atomic E-state index is 8.95. The molecular weight excluding hydrogens is 184 g/mol. The smallest absolute Gasteiger partial charge is 0.292 e. The molecule has 0 saturated heterocycles. The highest BCUT2D eigenvalue weighted by Crippen LogP contribution is 2.06. The zero-order valence-electron chi connectivity index (χ0n) is 8.05. The summed E-state index contributed by atoms with van der Waals surface area (Å²) in [5.74, 6) is 0.802. The fourth-order valence-electron chi connectivity index (χ4n) is 0.680. The van der Waals surface area contributed by atoms with E-state index < -0.39 is 0 Å². The Kier molecular flexibility index (Phi) is 8.48. The van der Waals surface area contributed by atoms with Crippen LogP contribution in [-0.4, -0.2) is 31.9 Å². The molecule has 0 radical (unpaired) electrons. The van der Waals surface area contributed by atoms with Gasteiger partial charge >= 0.3 is 0 Å². The second kappa shape index (κ2) is 9.54. The lowest BCUT2D eigenvalue weighted by molar-refractivity contribution is -0.126. The van der Waals surface area contributed by atoms with Crippen LogP contribution in [0.25, 0.3) is 0 Å². The molecule has 78 valence electrons. The van der Waals surface area contributed by atoms with Gasteiger partial charge in [-0.15, -0.1) is 0 Å². The molecule has 0 saturated carbocycles. The minimum absolute atomic E-state index is 0.0644. The van der Waals surface area contributed by atoms with Crippen LogP contribution in [0.2, 0.25) is 0 Å². The number of hydrogen-bond acceptors (Lipinski definition) is 4. The number of carbonyl (C=O) groups excluding carboxylic acids is 1. The third kappa shape index (κ3) is 7.12. The van der Waals surface area contributed by atoms with Crippen LogP contribution in [0.4, 0.5) is 0 Å². The van der Waals surface area contributed by atoms with Crippen molar-refractivity contribution in [1.82, 2.24) is 0 Å². The lowest BCUT2D eigenvalue weighted by Gasteiger charge is -2.01. The first-order valence-corrected chi connectivity index (χ1v) is 4.10. The summed E-state index contributed by atoms with van der Waals surface area (Å²) in [4.78, 5) is 8.95. The first-order valence-electron chi connectivity index (χ1n) is 4.10. The third-order valence-electron chi connectivity index (χ3n) is 1.20. The molecule has 0 bridgehead atoms. The van der Waals surface area contributed by atoms with Crippen molar-refractivity contribution in [3.05, 3.63) is 30.3 Å². The van der Waals surface area contributed by atoms with E-state index in [9.17, 15) is 0 Å². The van der Waals surface area contributed by atoms with Crippen molar-refractivity contribution in [2.45, 2.75) is 0 Å². The second-order valence-electron chi connectivity index (χ2n) is 2.22. The van der Waals surface area contributed by atoms with Crippen LogP contribution in [0.5, 0.6) is 5.75 Å². The van der Waals surface area contributed by atoms with Crippen LogP contribution in [0, 0.1) is 0 Å². The molecule has 0 aliphatic heterocycles. The first-order chi connectivity index (χ1) is 6.85. The van der Waals surface area contributed by atoms with Crippen molar-refractivity contribution in [1.29, 1.82) is 0 Å². The molecule has 1 rings (SSSR count). The molecule has 1 aromatic carbocycles. The SMILES string of the molecule is COC=O.OCCOc1ccccc1. The van der Waals surface area contributed by atoms with Gasteiger partial charge in [0.1, 0.15) is 12.4 Å². The second-order valence-corrected chi connectivity index (χ2v) is 2.22. The van der Waals surface area contributed by atoms with Gasteiger partial charge in [0.15, 0.2) is 0 Å². The molecule has 0 aromatic heterocycles. The van der Waals surface area contributed by atoms with E-state index in [1.54, 1.807) is 0 Å². The molecule has 4 heteroatoms. The van der Waals surface area contributed by atoms with Gasteiger partial charge in [-0.2, -0.15) is 0 Å². The Morgan fingerprint density at radius 2 is 1.93 bits per heavy atom. The normalized spacial score (nSPS) is 8.14. The fourth-order valence-corrected chi connectivity index (χ4v) is 0.680. The van der Waals surface area contributed by atoms with Crippen molar-refractivity contribution in [2.75, 3.05) is 20.3 Å². The maximum absolute atomic E-state index is 8.95. The van der Waals surface area contributed by atoms with Crippen molar-refractivity contribution in [2.24, 2.45) is 0 Å². The molecule has 0 aliphatic carbocycles. The molecular formula is C10H14O4. The minimum Gasteiger partial charge on any atom is -0.491 e. The number of ether oxygens (including phenoxy) is 2. The summed E-state index contributed by atoms with van der Waals surface area (Å²) < 4.78 is 8.97. The van der Waals surface area contributed by atoms with Gasteiger partial charge in [-0.05, 0) is 12.1 Å². The van der Waals surface area contributed by atoms with Gasteiger partial charge in [0, 0.05) is 0 Å². The minimum atomic E-state index is 0.0644. The molecule has 0 spiro atoms. The summed E-state index contributed by atoms with van der Waals surface area (Å²) in [5.41, 5.74) is 0. The van der Waals surface area contributed by atoms with Crippen molar-refractivity contribution in [3.63, 3.8) is 0 Å². The monoisotopic (exact) mass is 198 g/mol. The molecule has 0 fully saturated rings. The van der Waals surface area contributed by atoms with Gasteiger partial charge in [-0.1, -0.05) is 18.2 Å². The van der Waals surface area contributed by atoms with E-state index in [0.29, 0.717) is 13.1 Å². The Morgan fingerprint density at radius 1 is 1.36 bits per heavy atom. The molecule has 0 unspecified atom stereocenters. The van der Waals surface area contributed by atoms with Crippen LogP contribution >= 0.6 is 0 Å². The predicted molar refractivity (Wildman–Crippen MR) is 52.1 cm³/mol. The van der Waals surface area contributed by atoms with Gasteiger partial charge in [-0.3, -0.25) is 4.79 Å². The Labute approximate surface area is 83.1 Å².